The second kappa shape index (κ2) is 8.85. The van der Waals surface area contributed by atoms with Crippen LogP contribution in [0.15, 0.2) is 58.8 Å². The summed E-state index contributed by atoms with van der Waals surface area (Å²) in [5, 5.41) is 4.45. The molecular formula is C18H13ClF2N2O4S2. The van der Waals surface area contributed by atoms with Crippen LogP contribution in [0.3, 0.4) is 0 Å². The van der Waals surface area contributed by atoms with Crippen molar-refractivity contribution in [2.75, 3.05) is 11.1 Å². The molecule has 1 N–H and O–H groups in total. The lowest BCUT2D eigenvalue weighted by molar-refractivity contribution is -0.113. The van der Waals surface area contributed by atoms with Crippen molar-refractivity contribution in [2.45, 2.75) is 11.5 Å². The van der Waals surface area contributed by atoms with Crippen molar-refractivity contribution < 1.29 is 26.7 Å². The third-order valence-corrected chi connectivity index (χ3v) is 6.27. The first-order chi connectivity index (χ1) is 13.7. The van der Waals surface area contributed by atoms with Crippen molar-refractivity contribution in [3.8, 4) is 17.0 Å². The van der Waals surface area contributed by atoms with Crippen LogP contribution in [0.25, 0.3) is 11.3 Å². The fourth-order valence-electron chi connectivity index (χ4n) is 2.39. The predicted octanol–water partition coefficient (Wildman–Crippen LogP) is 4.48. The van der Waals surface area contributed by atoms with Gasteiger partial charge in [-0.15, -0.1) is 11.3 Å². The molecule has 6 nitrogen and oxygen atoms in total. The number of carbonyl (C=O) groups is 1. The van der Waals surface area contributed by atoms with Gasteiger partial charge in [0.25, 0.3) is 0 Å². The van der Waals surface area contributed by atoms with Crippen molar-refractivity contribution in [2.24, 2.45) is 0 Å². The minimum absolute atomic E-state index is 0.0325. The Labute approximate surface area is 174 Å². The van der Waals surface area contributed by atoms with Crippen LogP contribution in [0, 0.1) is 0 Å². The van der Waals surface area contributed by atoms with E-state index >= 15 is 0 Å². The molecule has 1 heterocycles. The first kappa shape index (κ1) is 21.2. The largest absolute Gasteiger partial charge is 0.434 e. The summed E-state index contributed by atoms with van der Waals surface area (Å²) in [5.41, 5.74) is 0.625. The van der Waals surface area contributed by atoms with E-state index < -0.39 is 28.1 Å². The first-order valence-corrected chi connectivity index (χ1v) is 10.9. The van der Waals surface area contributed by atoms with E-state index in [0.29, 0.717) is 16.3 Å². The van der Waals surface area contributed by atoms with Crippen LogP contribution in [-0.2, 0) is 14.6 Å². The average Bonchev–Trinajstić information content (AvgIpc) is 3.09. The minimum atomic E-state index is -3.86. The number of carbonyl (C=O) groups excluding carboxylic acids is 1. The number of alkyl halides is 2. The molecule has 0 radical (unpaired) electrons. The van der Waals surface area contributed by atoms with Gasteiger partial charge in [0.1, 0.15) is 11.5 Å². The maximum Gasteiger partial charge on any atom is 0.387 e. The van der Waals surface area contributed by atoms with Crippen LogP contribution < -0.4 is 10.1 Å². The van der Waals surface area contributed by atoms with Crippen molar-refractivity contribution in [1.82, 2.24) is 4.98 Å². The highest BCUT2D eigenvalue weighted by Crippen LogP contribution is 2.33. The summed E-state index contributed by atoms with van der Waals surface area (Å²) in [5.74, 6) is -1.62. The predicted molar refractivity (Wildman–Crippen MR) is 106 cm³/mol. The highest BCUT2D eigenvalue weighted by Gasteiger charge is 2.21. The second-order valence-electron chi connectivity index (χ2n) is 5.67. The Balaban J connectivity index is 1.72. The van der Waals surface area contributed by atoms with Gasteiger partial charge < -0.3 is 10.1 Å². The number of hydrogen-bond acceptors (Lipinski definition) is 6. The molecule has 0 spiro atoms. The number of nitrogens with one attached hydrogen (secondary N) is 1. The number of anilines is 1. The number of benzene rings is 2. The Hall–Kier alpha value is -2.56. The standard InChI is InChI=1S/C18H13ClF2N2O4S2/c19-11-5-7-12(8-6-11)29(25,26)10-16(24)23-18-22-14(9-28-18)13-3-1-2-4-15(13)27-17(20)21/h1-9,17H,10H2,(H,22,23,24). The Morgan fingerprint density at radius 2 is 1.86 bits per heavy atom. The zero-order valence-corrected chi connectivity index (χ0v) is 16.9. The number of rotatable bonds is 7. The van der Waals surface area contributed by atoms with Crippen LogP contribution in [0.2, 0.25) is 5.02 Å². The van der Waals surface area contributed by atoms with Gasteiger partial charge in [-0.05, 0) is 36.4 Å². The van der Waals surface area contributed by atoms with Crippen molar-refractivity contribution in [3.05, 3.63) is 58.9 Å². The molecule has 0 unspecified atom stereocenters. The Morgan fingerprint density at radius 3 is 2.55 bits per heavy atom. The van der Waals surface area contributed by atoms with E-state index in [4.69, 9.17) is 11.6 Å². The SMILES string of the molecule is O=C(CS(=O)(=O)c1ccc(Cl)cc1)Nc1nc(-c2ccccc2OC(F)F)cs1. The van der Waals surface area contributed by atoms with E-state index in [1.807, 2.05) is 0 Å². The van der Waals surface area contributed by atoms with Crippen molar-refractivity contribution >= 4 is 43.8 Å². The molecule has 0 saturated carbocycles. The molecule has 0 bridgehead atoms. The molecule has 11 heteroatoms. The summed E-state index contributed by atoms with van der Waals surface area (Å²) < 4.78 is 54.2. The summed E-state index contributed by atoms with van der Waals surface area (Å²) in [6.45, 7) is -2.99. The summed E-state index contributed by atoms with van der Waals surface area (Å²) in [6, 6.07) is 11.5. The molecule has 152 valence electrons. The fraction of sp³-hybridized carbons (Fsp3) is 0.111. The molecule has 0 aliphatic heterocycles. The first-order valence-electron chi connectivity index (χ1n) is 8.02. The van der Waals surface area contributed by atoms with Crippen LogP contribution in [0.4, 0.5) is 13.9 Å². The van der Waals surface area contributed by atoms with Crippen molar-refractivity contribution in [1.29, 1.82) is 0 Å². The topological polar surface area (TPSA) is 85.4 Å². The molecule has 0 aliphatic rings. The average molecular weight is 459 g/mol. The van der Waals surface area contributed by atoms with Gasteiger partial charge in [0.15, 0.2) is 15.0 Å². The summed E-state index contributed by atoms with van der Waals surface area (Å²) in [7, 11) is -3.86. The van der Waals surface area contributed by atoms with E-state index in [1.165, 1.54) is 41.8 Å². The zero-order chi connectivity index (χ0) is 21.0. The highest BCUT2D eigenvalue weighted by molar-refractivity contribution is 7.92. The van der Waals surface area contributed by atoms with Crippen molar-refractivity contribution in [3.63, 3.8) is 0 Å². The molecule has 2 aromatic carbocycles. The summed E-state index contributed by atoms with van der Waals surface area (Å²) in [6.07, 6.45) is 0. The number of halogens is 3. The molecule has 0 aliphatic carbocycles. The molecule has 3 aromatic rings. The van der Waals surface area contributed by atoms with Crippen LogP contribution >= 0.6 is 22.9 Å². The number of hydrogen-bond donors (Lipinski definition) is 1. The number of amides is 1. The Bertz CT molecular complexity index is 1120. The molecular weight excluding hydrogens is 446 g/mol. The van der Waals surface area contributed by atoms with Gasteiger partial charge in [-0.3, -0.25) is 4.79 Å². The Kier molecular flexibility index (Phi) is 6.46. The number of sulfone groups is 1. The van der Waals surface area contributed by atoms with Gasteiger partial charge in [-0.25, -0.2) is 13.4 Å². The molecule has 0 saturated heterocycles. The lowest BCUT2D eigenvalue weighted by atomic mass is 10.1. The van der Waals surface area contributed by atoms with Gasteiger partial charge in [-0.1, -0.05) is 23.7 Å². The third-order valence-electron chi connectivity index (χ3n) is 3.62. The van der Waals surface area contributed by atoms with E-state index in [0.717, 1.165) is 11.3 Å². The smallest absolute Gasteiger partial charge is 0.387 e. The van der Waals surface area contributed by atoms with Gasteiger partial charge in [0, 0.05) is 16.0 Å². The normalized spacial score (nSPS) is 11.4. The highest BCUT2D eigenvalue weighted by atomic mass is 35.5. The maximum atomic E-state index is 12.6. The number of nitrogens with zero attached hydrogens (tertiary/aromatic N) is 1. The number of para-hydroxylation sites is 1. The van der Waals surface area contributed by atoms with Crippen LogP contribution in [0.5, 0.6) is 5.75 Å². The van der Waals surface area contributed by atoms with E-state index in [2.05, 4.69) is 15.0 Å². The van der Waals surface area contributed by atoms with Crippen LogP contribution in [-0.4, -0.2) is 31.7 Å². The lowest BCUT2D eigenvalue weighted by Gasteiger charge is -2.08. The molecule has 1 aromatic heterocycles. The van der Waals surface area contributed by atoms with Gasteiger partial charge in [0.2, 0.25) is 5.91 Å². The van der Waals surface area contributed by atoms with E-state index in [1.54, 1.807) is 12.1 Å². The summed E-state index contributed by atoms with van der Waals surface area (Å²) in [4.78, 5) is 16.3. The van der Waals surface area contributed by atoms with E-state index in [-0.39, 0.29) is 15.8 Å². The molecule has 3 rings (SSSR count). The molecule has 1 amide bonds. The minimum Gasteiger partial charge on any atom is -0.434 e. The monoisotopic (exact) mass is 458 g/mol. The quantitative estimate of drug-likeness (QED) is 0.564. The molecule has 0 fully saturated rings. The zero-order valence-electron chi connectivity index (χ0n) is 14.5. The molecule has 0 atom stereocenters. The maximum absolute atomic E-state index is 12.6. The number of aromatic nitrogens is 1. The lowest BCUT2D eigenvalue weighted by Crippen LogP contribution is -2.22. The third kappa shape index (κ3) is 5.49. The summed E-state index contributed by atoms with van der Waals surface area (Å²) >= 11 is 6.76. The number of thiazole rings is 1. The molecule has 29 heavy (non-hydrogen) atoms. The fourth-order valence-corrected chi connectivity index (χ4v) is 4.37. The van der Waals surface area contributed by atoms with Gasteiger partial charge >= 0.3 is 6.61 Å². The second-order valence-corrected chi connectivity index (χ2v) is 8.96. The van der Waals surface area contributed by atoms with Gasteiger partial charge in [-0.2, -0.15) is 8.78 Å². The number of ether oxygens (including phenoxy) is 1. The van der Waals surface area contributed by atoms with E-state index in [9.17, 15) is 22.0 Å². The van der Waals surface area contributed by atoms with Gasteiger partial charge in [0.05, 0.1) is 10.6 Å². The van der Waals surface area contributed by atoms with Crippen LogP contribution in [0.1, 0.15) is 0 Å². The Morgan fingerprint density at radius 1 is 1.17 bits per heavy atom.